The highest BCUT2D eigenvalue weighted by atomic mass is 16.5. The molecule has 28 heavy (non-hydrogen) atoms. The van der Waals surface area contributed by atoms with Crippen LogP contribution < -0.4 is 10.1 Å². The van der Waals surface area contributed by atoms with Crippen LogP contribution in [0.25, 0.3) is 0 Å². The molecule has 1 aliphatic rings. The summed E-state index contributed by atoms with van der Waals surface area (Å²) in [7, 11) is 0. The number of carbonyl (C=O) groups is 2. The van der Waals surface area contributed by atoms with E-state index in [-0.39, 0.29) is 29.5 Å². The van der Waals surface area contributed by atoms with Gasteiger partial charge in [0, 0.05) is 11.6 Å². The second-order valence-corrected chi connectivity index (χ2v) is 6.95. The molecule has 1 amide bonds. The summed E-state index contributed by atoms with van der Waals surface area (Å²) >= 11 is 0. The molecular weight excluding hydrogens is 356 g/mol. The fourth-order valence-corrected chi connectivity index (χ4v) is 3.08. The van der Waals surface area contributed by atoms with Crippen molar-refractivity contribution in [3.8, 4) is 5.75 Å². The van der Waals surface area contributed by atoms with Crippen LogP contribution >= 0.6 is 0 Å². The van der Waals surface area contributed by atoms with E-state index in [2.05, 4.69) is 10.5 Å². The van der Waals surface area contributed by atoms with Gasteiger partial charge in [0.05, 0.1) is 5.54 Å². The molecule has 0 radical (unpaired) electrons. The second kappa shape index (κ2) is 7.31. The Morgan fingerprint density at radius 1 is 1.11 bits per heavy atom. The zero-order chi connectivity index (χ0) is 19.6. The molecule has 0 saturated heterocycles. The first-order chi connectivity index (χ1) is 13.6. The third-order valence-electron chi connectivity index (χ3n) is 4.86. The van der Waals surface area contributed by atoms with Gasteiger partial charge in [-0.25, -0.2) is 0 Å². The van der Waals surface area contributed by atoms with Gasteiger partial charge in [-0.2, -0.15) is 0 Å². The summed E-state index contributed by atoms with van der Waals surface area (Å²) in [6, 6.07) is 18.4. The van der Waals surface area contributed by atoms with Gasteiger partial charge in [-0.15, -0.1) is 0 Å². The van der Waals surface area contributed by atoms with Crippen molar-refractivity contribution in [1.29, 1.82) is 0 Å². The van der Waals surface area contributed by atoms with Gasteiger partial charge in [-0.05, 0) is 49.6 Å². The molecule has 3 aromatic rings. The molecule has 1 saturated carbocycles. The number of benzene rings is 2. The smallest absolute Gasteiger partial charge is 0.274 e. The van der Waals surface area contributed by atoms with Crippen LogP contribution in [0.15, 0.2) is 65.2 Å². The van der Waals surface area contributed by atoms with Crippen LogP contribution in [0.1, 0.15) is 51.9 Å². The third kappa shape index (κ3) is 3.81. The van der Waals surface area contributed by atoms with E-state index in [4.69, 9.17) is 9.26 Å². The number of amides is 1. The largest absolute Gasteiger partial charge is 0.486 e. The number of hydrogen-bond donors (Lipinski definition) is 1. The van der Waals surface area contributed by atoms with Crippen LogP contribution in [0.2, 0.25) is 0 Å². The Morgan fingerprint density at radius 2 is 1.82 bits per heavy atom. The summed E-state index contributed by atoms with van der Waals surface area (Å²) < 4.78 is 10.8. The van der Waals surface area contributed by atoms with Crippen LogP contribution in [-0.4, -0.2) is 16.8 Å². The maximum atomic E-state index is 12.6. The van der Waals surface area contributed by atoms with E-state index in [1.54, 1.807) is 30.3 Å². The normalized spacial score (nSPS) is 14.3. The lowest BCUT2D eigenvalue weighted by atomic mass is 10.0. The number of rotatable bonds is 7. The molecule has 1 fully saturated rings. The van der Waals surface area contributed by atoms with Gasteiger partial charge < -0.3 is 14.6 Å². The molecule has 0 unspecified atom stereocenters. The van der Waals surface area contributed by atoms with E-state index >= 15 is 0 Å². The summed E-state index contributed by atoms with van der Waals surface area (Å²) in [6.07, 6.45) is 1.82. The summed E-state index contributed by atoms with van der Waals surface area (Å²) in [6.45, 7) is 1.66. The van der Waals surface area contributed by atoms with Crippen molar-refractivity contribution in [2.45, 2.75) is 31.9 Å². The maximum absolute atomic E-state index is 12.6. The molecule has 1 heterocycles. The Morgan fingerprint density at radius 3 is 2.46 bits per heavy atom. The van der Waals surface area contributed by atoms with Crippen LogP contribution in [0.5, 0.6) is 5.75 Å². The third-order valence-corrected chi connectivity index (χ3v) is 4.86. The Labute approximate surface area is 162 Å². The molecule has 0 spiro atoms. The van der Waals surface area contributed by atoms with Crippen molar-refractivity contribution < 1.29 is 18.8 Å². The minimum absolute atomic E-state index is 0.00127. The van der Waals surface area contributed by atoms with Crippen molar-refractivity contribution in [3.05, 3.63) is 83.2 Å². The van der Waals surface area contributed by atoms with Gasteiger partial charge in [-0.3, -0.25) is 9.59 Å². The zero-order valence-electron chi connectivity index (χ0n) is 15.5. The Bertz CT molecular complexity index is 989. The SMILES string of the molecule is CC(=O)c1ccc(OCc2cc(C(=O)NC3(c4ccccc4)CC3)no2)cc1. The molecule has 2 aromatic carbocycles. The van der Waals surface area contributed by atoms with Crippen molar-refractivity contribution >= 4 is 11.7 Å². The average Bonchev–Trinajstić information content (AvgIpc) is 3.34. The quantitative estimate of drug-likeness (QED) is 0.633. The summed E-state index contributed by atoms with van der Waals surface area (Å²) in [5.41, 5.74) is 1.66. The minimum atomic E-state index is -0.299. The summed E-state index contributed by atoms with van der Waals surface area (Å²) in [4.78, 5) is 23.9. The van der Waals surface area contributed by atoms with Gasteiger partial charge in [0.25, 0.3) is 5.91 Å². The van der Waals surface area contributed by atoms with Gasteiger partial charge >= 0.3 is 0 Å². The Kier molecular flexibility index (Phi) is 4.69. The lowest BCUT2D eigenvalue weighted by molar-refractivity contribution is 0.0920. The van der Waals surface area contributed by atoms with E-state index in [0.29, 0.717) is 17.1 Å². The molecule has 1 aliphatic carbocycles. The number of nitrogens with zero attached hydrogens (tertiary/aromatic N) is 1. The fraction of sp³-hybridized carbons (Fsp3) is 0.227. The highest BCUT2D eigenvalue weighted by molar-refractivity contribution is 5.94. The van der Waals surface area contributed by atoms with Gasteiger partial charge in [0.2, 0.25) is 0 Å². The fourth-order valence-electron chi connectivity index (χ4n) is 3.08. The van der Waals surface area contributed by atoms with Gasteiger partial charge in [0.15, 0.2) is 17.2 Å². The summed E-state index contributed by atoms with van der Waals surface area (Å²) in [5, 5.41) is 6.93. The minimum Gasteiger partial charge on any atom is -0.486 e. The number of aromatic nitrogens is 1. The molecule has 1 aromatic heterocycles. The number of ether oxygens (including phenoxy) is 1. The highest BCUT2D eigenvalue weighted by Crippen LogP contribution is 2.45. The molecule has 142 valence electrons. The lowest BCUT2D eigenvalue weighted by Gasteiger charge is -2.16. The monoisotopic (exact) mass is 376 g/mol. The molecule has 0 aliphatic heterocycles. The first kappa shape index (κ1) is 18.0. The lowest BCUT2D eigenvalue weighted by Crippen LogP contribution is -2.35. The van der Waals surface area contributed by atoms with Gasteiger partial charge in [0.1, 0.15) is 12.4 Å². The van der Waals surface area contributed by atoms with E-state index in [9.17, 15) is 9.59 Å². The number of Topliss-reactive ketones (excluding diaryl/α,β-unsaturated/α-hetero) is 1. The van der Waals surface area contributed by atoms with Crippen molar-refractivity contribution in [2.24, 2.45) is 0 Å². The first-order valence-corrected chi connectivity index (χ1v) is 9.13. The van der Waals surface area contributed by atoms with E-state index in [0.717, 1.165) is 18.4 Å². The highest BCUT2D eigenvalue weighted by Gasteiger charge is 2.45. The van der Waals surface area contributed by atoms with Crippen molar-refractivity contribution in [3.63, 3.8) is 0 Å². The number of hydrogen-bond acceptors (Lipinski definition) is 5. The Hall–Kier alpha value is -3.41. The molecule has 6 heteroatoms. The van der Waals surface area contributed by atoms with E-state index in [1.807, 2.05) is 30.3 Å². The molecular formula is C22H20N2O4. The molecule has 6 nitrogen and oxygen atoms in total. The van der Waals surface area contributed by atoms with Crippen LogP contribution in [0, 0.1) is 0 Å². The number of ketones is 1. The van der Waals surface area contributed by atoms with Crippen molar-refractivity contribution in [2.75, 3.05) is 0 Å². The average molecular weight is 376 g/mol. The first-order valence-electron chi connectivity index (χ1n) is 9.13. The van der Waals surface area contributed by atoms with Gasteiger partial charge in [-0.1, -0.05) is 35.5 Å². The molecule has 1 N–H and O–H groups in total. The molecule has 0 atom stereocenters. The van der Waals surface area contributed by atoms with Crippen LogP contribution in [-0.2, 0) is 12.1 Å². The standard InChI is InChI=1S/C22H20N2O4/c1-15(25)16-7-9-18(10-8-16)27-14-19-13-20(24-28-19)21(26)23-22(11-12-22)17-5-3-2-4-6-17/h2-10,13H,11-12,14H2,1H3,(H,23,26). The Balaban J connectivity index is 1.36. The molecule has 4 rings (SSSR count). The summed E-state index contributed by atoms with van der Waals surface area (Å²) in [5.74, 6) is 0.794. The predicted molar refractivity (Wildman–Crippen MR) is 102 cm³/mol. The van der Waals surface area contributed by atoms with Crippen molar-refractivity contribution in [1.82, 2.24) is 10.5 Å². The number of nitrogens with one attached hydrogen (secondary N) is 1. The predicted octanol–water partition coefficient (Wildman–Crippen LogP) is 3.88. The molecule has 0 bridgehead atoms. The second-order valence-electron chi connectivity index (χ2n) is 6.95. The zero-order valence-corrected chi connectivity index (χ0v) is 15.5. The van der Waals surface area contributed by atoms with E-state index < -0.39 is 0 Å². The number of carbonyl (C=O) groups excluding carboxylic acids is 2. The topological polar surface area (TPSA) is 81.4 Å². The van der Waals surface area contributed by atoms with Crippen LogP contribution in [0.3, 0.4) is 0 Å². The van der Waals surface area contributed by atoms with E-state index in [1.165, 1.54) is 6.92 Å². The maximum Gasteiger partial charge on any atom is 0.274 e. The van der Waals surface area contributed by atoms with Crippen LogP contribution in [0.4, 0.5) is 0 Å².